The minimum Gasteiger partial charge on any atom is -0.395 e. The largest absolute Gasteiger partial charge is 0.395 e. The Bertz CT molecular complexity index is 206. The van der Waals surface area contributed by atoms with Gasteiger partial charge in [-0.1, -0.05) is 12.8 Å². The maximum atomic E-state index is 8.89. The lowest BCUT2D eigenvalue weighted by Gasteiger charge is -2.41. The van der Waals surface area contributed by atoms with Crippen molar-refractivity contribution >= 4 is 0 Å². The summed E-state index contributed by atoms with van der Waals surface area (Å²) in [6.45, 7) is 1.63. The molecule has 15 heavy (non-hydrogen) atoms. The van der Waals surface area contributed by atoms with Crippen LogP contribution >= 0.6 is 0 Å². The van der Waals surface area contributed by atoms with E-state index in [0.29, 0.717) is 6.54 Å². The van der Waals surface area contributed by atoms with Crippen molar-refractivity contribution in [3.8, 4) is 0 Å². The van der Waals surface area contributed by atoms with Gasteiger partial charge in [-0.25, -0.2) is 0 Å². The summed E-state index contributed by atoms with van der Waals surface area (Å²) in [6.07, 6.45) is 7.99. The van der Waals surface area contributed by atoms with E-state index in [1.54, 1.807) is 0 Å². The van der Waals surface area contributed by atoms with Crippen LogP contribution in [0.3, 0.4) is 0 Å². The molecule has 0 aromatic rings. The third-order valence-corrected chi connectivity index (χ3v) is 4.17. The van der Waals surface area contributed by atoms with Gasteiger partial charge < -0.3 is 16.2 Å². The number of nitrogens with one attached hydrogen (secondary N) is 1. The second kappa shape index (κ2) is 4.81. The fourth-order valence-corrected chi connectivity index (χ4v) is 3.12. The molecule has 0 aromatic heterocycles. The molecule has 88 valence electrons. The molecule has 0 heterocycles. The van der Waals surface area contributed by atoms with Crippen LogP contribution in [-0.4, -0.2) is 30.3 Å². The molecule has 0 bridgehead atoms. The Balaban J connectivity index is 1.90. The summed E-state index contributed by atoms with van der Waals surface area (Å²) < 4.78 is 0. The third kappa shape index (κ3) is 2.71. The topological polar surface area (TPSA) is 58.3 Å². The van der Waals surface area contributed by atoms with Crippen molar-refractivity contribution in [1.82, 2.24) is 5.32 Å². The van der Waals surface area contributed by atoms with E-state index in [1.165, 1.54) is 38.5 Å². The average Bonchev–Trinajstić information content (AvgIpc) is 3.11. The smallest absolute Gasteiger partial charge is 0.0556 e. The van der Waals surface area contributed by atoms with E-state index in [-0.39, 0.29) is 12.1 Å². The van der Waals surface area contributed by atoms with Crippen LogP contribution in [0.4, 0.5) is 0 Å². The zero-order chi connectivity index (χ0) is 10.7. The van der Waals surface area contributed by atoms with Crippen LogP contribution in [0.5, 0.6) is 0 Å². The molecule has 0 saturated heterocycles. The molecule has 0 aliphatic heterocycles. The summed E-state index contributed by atoms with van der Waals surface area (Å²) >= 11 is 0. The van der Waals surface area contributed by atoms with Gasteiger partial charge >= 0.3 is 0 Å². The van der Waals surface area contributed by atoms with Crippen molar-refractivity contribution in [1.29, 1.82) is 0 Å². The summed E-state index contributed by atoms with van der Waals surface area (Å²) in [6, 6.07) is 0. The third-order valence-electron chi connectivity index (χ3n) is 4.17. The monoisotopic (exact) mass is 212 g/mol. The SMILES string of the molecule is NCC1(NCCO)CCCC(C2CC2)C1. The molecule has 2 unspecified atom stereocenters. The molecule has 2 rings (SSSR count). The molecule has 0 aromatic carbocycles. The van der Waals surface area contributed by atoms with Crippen LogP contribution < -0.4 is 11.1 Å². The number of aliphatic hydroxyl groups excluding tert-OH is 1. The van der Waals surface area contributed by atoms with E-state index in [0.717, 1.165) is 18.4 Å². The van der Waals surface area contributed by atoms with Gasteiger partial charge in [-0.2, -0.15) is 0 Å². The van der Waals surface area contributed by atoms with Gasteiger partial charge in [-0.15, -0.1) is 0 Å². The van der Waals surface area contributed by atoms with Crippen molar-refractivity contribution in [3.63, 3.8) is 0 Å². The van der Waals surface area contributed by atoms with Gasteiger partial charge in [0.2, 0.25) is 0 Å². The van der Waals surface area contributed by atoms with Gasteiger partial charge in [0.1, 0.15) is 0 Å². The van der Waals surface area contributed by atoms with E-state index in [2.05, 4.69) is 5.32 Å². The first-order valence-corrected chi connectivity index (χ1v) is 6.36. The second-order valence-corrected chi connectivity index (χ2v) is 5.33. The van der Waals surface area contributed by atoms with Crippen LogP contribution in [0.25, 0.3) is 0 Å². The van der Waals surface area contributed by atoms with Crippen LogP contribution in [-0.2, 0) is 0 Å². The summed E-state index contributed by atoms with van der Waals surface area (Å²) in [4.78, 5) is 0. The van der Waals surface area contributed by atoms with Crippen LogP contribution in [0, 0.1) is 11.8 Å². The molecule has 4 N–H and O–H groups in total. The fourth-order valence-electron chi connectivity index (χ4n) is 3.12. The molecule has 2 atom stereocenters. The number of β-amino-alcohol motifs (C(OH)–C–C–N with tert-alkyl or cyclic N) is 1. The van der Waals surface area contributed by atoms with Crippen molar-refractivity contribution in [2.75, 3.05) is 19.7 Å². The van der Waals surface area contributed by atoms with Crippen molar-refractivity contribution in [2.24, 2.45) is 17.6 Å². The Morgan fingerprint density at radius 2 is 2.07 bits per heavy atom. The average molecular weight is 212 g/mol. The number of hydrogen-bond donors (Lipinski definition) is 3. The van der Waals surface area contributed by atoms with Crippen molar-refractivity contribution < 1.29 is 5.11 Å². The summed E-state index contributed by atoms with van der Waals surface area (Å²) in [5.74, 6) is 1.89. The quantitative estimate of drug-likeness (QED) is 0.633. The number of hydrogen-bond acceptors (Lipinski definition) is 3. The maximum absolute atomic E-state index is 8.89. The van der Waals surface area contributed by atoms with Gasteiger partial charge in [0.15, 0.2) is 0 Å². The van der Waals surface area contributed by atoms with Crippen LogP contribution in [0.15, 0.2) is 0 Å². The van der Waals surface area contributed by atoms with E-state index in [1.807, 2.05) is 0 Å². The van der Waals surface area contributed by atoms with E-state index >= 15 is 0 Å². The Kier molecular flexibility index (Phi) is 3.65. The van der Waals surface area contributed by atoms with Gasteiger partial charge in [-0.3, -0.25) is 0 Å². The van der Waals surface area contributed by atoms with E-state index in [4.69, 9.17) is 10.8 Å². The molecule has 0 radical (unpaired) electrons. The lowest BCUT2D eigenvalue weighted by Crippen LogP contribution is -2.55. The van der Waals surface area contributed by atoms with Crippen molar-refractivity contribution in [2.45, 2.75) is 44.1 Å². The van der Waals surface area contributed by atoms with Gasteiger partial charge in [-0.05, 0) is 37.5 Å². The molecule has 3 nitrogen and oxygen atoms in total. The molecule has 0 amide bonds. The fraction of sp³-hybridized carbons (Fsp3) is 1.00. The summed E-state index contributed by atoms with van der Waals surface area (Å²) in [7, 11) is 0. The first-order chi connectivity index (χ1) is 7.29. The molecule has 2 aliphatic rings. The minimum absolute atomic E-state index is 0.133. The molecular weight excluding hydrogens is 188 g/mol. The Labute approximate surface area is 92.4 Å². The first-order valence-electron chi connectivity index (χ1n) is 6.36. The normalized spacial score (nSPS) is 36.8. The van der Waals surface area contributed by atoms with Gasteiger partial charge in [0, 0.05) is 18.6 Å². The Morgan fingerprint density at radius 1 is 1.27 bits per heavy atom. The number of nitrogens with two attached hydrogens (primary N) is 1. The predicted octanol–water partition coefficient (Wildman–Crippen LogP) is 0.866. The molecule has 3 heteroatoms. The highest BCUT2D eigenvalue weighted by Crippen LogP contribution is 2.46. The van der Waals surface area contributed by atoms with Crippen LogP contribution in [0.2, 0.25) is 0 Å². The second-order valence-electron chi connectivity index (χ2n) is 5.33. The summed E-state index contributed by atoms with van der Waals surface area (Å²) in [5, 5.41) is 12.4. The summed E-state index contributed by atoms with van der Waals surface area (Å²) in [5.41, 5.74) is 6.05. The van der Waals surface area contributed by atoms with Gasteiger partial charge in [0.05, 0.1) is 6.61 Å². The van der Waals surface area contributed by atoms with Gasteiger partial charge in [0.25, 0.3) is 0 Å². The zero-order valence-electron chi connectivity index (χ0n) is 9.54. The standard InChI is InChI=1S/C12H24N2O/c13-9-12(14-6-7-15)5-1-2-11(8-12)10-3-4-10/h10-11,14-15H,1-9,13H2. The lowest BCUT2D eigenvalue weighted by atomic mass is 9.73. The van der Waals surface area contributed by atoms with E-state index in [9.17, 15) is 0 Å². The highest BCUT2D eigenvalue weighted by molar-refractivity contribution is 4.98. The highest BCUT2D eigenvalue weighted by atomic mass is 16.3. The maximum Gasteiger partial charge on any atom is 0.0556 e. The molecule has 2 saturated carbocycles. The molecular formula is C12H24N2O. The number of aliphatic hydroxyl groups is 1. The predicted molar refractivity (Wildman–Crippen MR) is 61.6 cm³/mol. The zero-order valence-corrected chi connectivity index (χ0v) is 9.54. The van der Waals surface area contributed by atoms with E-state index < -0.39 is 0 Å². The van der Waals surface area contributed by atoms with Crippen LogP contribution in [0.1, 0.15) is 38.5 Å². The Morgan fingerprint density at radius 3 is 2.67 bits per heavy atom. The Hall–Kier alpha value is -0.120. The number of rotatable bonds is 5. The molecule has 2 fully saturated rings. The molecule has 2 aliphatic carbocycles. The lowest BCUT2D eigenvalue weighted by molar-refractivity contribution is 0.158. The highest BCUT2D eigenvalue weighted by Gasteiger charge is 2.40. The molecule has 0 spiro atoms. The van der Waals surface area contributed by atoms with Crippen molar-refractivity contribution in [3.05, 3.63) is 0 Å². The minimum atomic E-state index is 0.133. The first kappa shape index (κ1) is 11.4.